The number of rotatable bonds is 4. The molecule has 0 spiro atoms. The first-order valence-electron chi connectivity index (χ1n) is 5.85. The van der Waals surface area contributed by atoms with Crippen molar-refractivity contribution in [2.24, 2.45) is 10.9 Å². The maximum Gasteiger partial charge on any atom is 0.188 e. The monoisotopic (exact) mass is 231 g/mol. The lowest BCUT2D eigenvalue weighted by Crippen LogP contribution is -2.12. The van der Waals surface area contributed by atoms with E-state index in [0.29, 0.717) is 5.92 Å². The Morgan fingerprint density at radius 2 is 2.24 bits per heavy atom. The summed E-state index contributed by atoms with van der Waals surface area (Å²) in [5, 5.41) is 0. The van der Waals surface area contributed by atoms with Gasteiger partial charge in [0.15, 0.2) is 5.78 Å². The summed E-state index contributed by atoms with van der Waals surface area (Å²) in [6.07, 6.45) is 0.790. The van der Waals surface area contributed by atoms with Crippen molar-refractivity contribution < 1.29 is 9.53 Å². The summed E-state index contributed by atoms with van der Waals surface area (Å²) in [6.45, 7) is 4.39. The van der Waals surface area contributed by atoms with Crippen molar-refractivity contribution in [2.45, 2.75) is 20.3 Å². The second kappa shape index (κ2) is 4.80. The van der Waals surface area contributed by atoms with Crippen molar-refractivity contribution in [3.8, 4) is 0 Å². The normalized spacial score (nSPS) is 13.8. The predicted molar refractivity (Wildman–Crippen MR) is 68.3 cm³/mol. The number of hydrogen-bond donors (Lipinski definition) is 0. The first kappa shape index (κ1) is 12.0. The Morgan fingerprint density at radius 1 is 1.47 bits per heavy atom. The highest BCUT2D eigenvalue weighted by atomic mass is 16.5. The Morgan fingerprint density at radius 3 is 2.88 bits per heavy atom. The molecule has 17 heavy (non-hydrogen) atoms. The molecule has 1 aliphatic heterocycles. The van der Waals surface area contributed by atoms with E-state index >= 15 is 0 Å². The molecule has 1 heterocycles. The molecule has 2 rings (SSSR count). The summed E-state index contributed by atoms with van der Waals surface area (Å²) < 4.78 is 4.91. The molecule has 3 nitrogen and oxygen atoms in total. The van der Waals surface area contributed by atoms with Crippen LogP contribution in [0, 0.1) is 5.92 Å². The van der Waals surface area contributed by atoms with Crippen LogP contribution in [0.2, 0.25) is 0 Å². The Bertz CT molecular complexity index is 475. The molecule has 0 unspecified atom stereocenters. The Balaban J connectivity index is 2.33. The fourth-order valence-electron chi connectivity index (χ4n) is 2.04. The van der Waals surface area contributed by atoms with Gasteiger partial charge in [0.05, 0.1) is 5.69 Å². The summed E-state index contributed by atoms with van der Waals surface area (Å²) >= 11 is 0. The van der Waals surface area contributed by atoms with Gasteiger partial charge in [0.1, 0.15) is 6.61 Å². The van der Waals surface area contributed by atoms with Crippen LogP contribution in [0.5, 0.6) is 0 Å². The number of ketones is 1. The minimum Gasteiger partial charge on any atom is -0.377 e. The van der Waals surface area contributed by atoms with Crippen LogP contribution in [0.1, 0.15) is 29.8 Å². The second-order valence-electron chi connectivity index (χ2n) is 4.59. The first-order valence-corrected chi connectivity index (χ1v) is 5.85. The Kier molecular flexibility index (Phi) is 3.38. The molecular formula is C14H17NO2. The van der Waals surface area contributed by atoms with Gasteiger partial charge in [-0.1, -0.05) is 26.0 Å². The van der Waals surface area contributed by atoms with E-state index in [0.717, 1.165) is 28.9 Å². The van der Waals surface area contributed by atoms with E-state index in [1.54, 1.807) is 0 Å². The van der Waals surface area contributed by atoms with Crippen LogP contribution in [0.4, 0.5) is 5.69 Å². The maximum absolute atomic E-state index is 11.9. The summed E-state index contributed by atoms with van der Waals surface area (Å²) in [7, 11) is 1.54. The molecule has 0 atom stereocenters. The third-order valence-electron chi connectivity index (χ3n) is 3.02. The summed E-state index contributed by atoms with van der Waals surface area (Å²) in [6, 6.07) is 5.71. The quantitative estimate of drug-likeness (QED) is 0.747. The van der Waals surface area contributed by atoms with Crippen LogP contribution in [0.3, 0.4) is 0 Å². The lowest BCUT2D eigenvalue weighted by Gasteiger charge is -2.06. The van der Waals surface area contributed by atoms with Gasteiger partial charge >= 0.3 is 0 Å². The number of hydrogen-bond acceptors (Lipinski definition) is 3. The van der Waals surface area contributed by atoms with Gasteiger partial charge in [0.25, 0.3) is 0 Å². The summed E-state index contributed by atoms with van der Waals surface area (Å²) in [4.78, 5) is 16.5. The van der Waals surface area contributed by atoms with Crippen molar-refractivity contribution in [3.63, 3.8) is 0 Å². The van der Waals surface area contributed by atoms with Crippen LogP contribution in [-0.2, 0) is 11.2 Å². The van der Waals surface area contributed by atoms with E-state index in [-0.39, 0.29) is 12.4 Å². The maximum atomic E-state index is 11.9. The third-order valence-corrected chi connectivity index (χ3v) is 3.02. The van der Waals surface area contributed by atoms with Crippen LogP contribution in [-0.4, -0.2) is 25.2 Å². The molecule has 1 aromatic carbocycles. The molecule has 0 aliphatic carbocycles. The number of carbonyl (C=O) groups excluding carboxylic acids is 1. The zero-order chi connectivity index (χ0) is 12.4. The van der Waals surface area contributed by atoms with Crippen LogP contribution < -0.4 is 0 Å². The molecular weight excluding hydrogens is 214 g/mol. The van der Waals surface area contributed by atoms with Gasteiger partial charge in [-0.3, -0.25) is 9.79 Å². The molecule has 1 aromatic rings. The number of ether oxygens (including phenoxy) is 1. The van der Waals surface area contributed by atoms with Crippen molar-refractivity contribution in [1.82, 2.24) is 0 Å². The molecule has 0 aromatic heterocycles. The minimum atomic E-state index is 0.0320. The van der Waals surface area contributed by atoms with Gasteiger partial charge in [0.2, 0.25) is 0 Å². The Labute approximate surface area is 102 Å². The fourth-order valence-corrected chi connectivity index (χ4v) is 2.04. The van der Waals surface area contributed by atoms with E-state index in [2.05, 4.69) is 18.8 Å². The molecule has 90 valence electrons. The van der Waals surface area contributed by atoms with E-state index < -0.39 is 0 Å². The SMILES string of the molecule is COCC(=O)c1cccc2c1CC(C(C)C)=N2. The highest BCUT2D eigenvalue weighted by Gasteiger charge is 2.22. The molecule has 0 N–H and O–H groups in total. The molecule has 1 aliphatic rings. The largest absolute Gasteiger partial charge is 0.377 e. The zero-order valence-electron chi connectivity index (χ0n) is 10.5. The summed E-state index contributed by atoms with van der Waals surface area (Å²) in [5.41, 5.74) is 3.90. The number of nitrogens with zero attached hydrogens (tertiary/aromatic N) is 1. The smallest absolute Gasteiger partial charge is 0.188 e. The molecule has 3 heteroatoms. The number of fused-ring (bicyclic) bond motifs is 1. The molecule has 0 amide bonds. The van der Waals surface area contributed by atoms with E-state index in [9.17, 15) is 4.79 Å². The average Bonchev–Trinajstić information content (AvgIpc) is 2.72. The van der Waals surface area contributed by atoms with Gasteiger partial charge in [-0.15, -0.1) is 0 Å². The first-order chi connectivity index (χ1) is 8.13. The minimum absolute atomic E-state index is 0.0320. The average molecular weight is 231 g/mol. The number of aliphatic imine (C=N–C) groups is 1. The highest BCUT2D eigenvalue weighted by Crippen LogP contribution is 2.31. The summed E-state index contributed by atoms with van der Waals surface area (Å²) in [5.74, 6) is 0.456. The fraction of sp³-hybridized carbons (Fsp3) is 0.429. The number of methoxy groups -OCH3 is 1. The van der Waals surface area contributed by atoms with Gasteiger partial charge in [0, 0.05) is 24.8 Å². The lowest BCUT2D eigenvalue weighted by atomic mass is 9.96. The lowest BCUT2D eigenvalue weighted by molar-refractivity contribution is 0.0847. The predicted octanol–water partition coefficient (Wildman–Crippen LogP) is 2.80. The number of Topliss-reactive ketones (excluding diaryl/α,β-unsaturated/α-hetero) is 1. The van der Waals surface area contributed by atoms with Gasteiger partial charge in [-0.05, 0) is 17.5 Å². The van der Waals surface area contributed by atoms with E-state index in [1.807, 2.05) is 18.2 Å². The van der Waals surface area contributed by atoms with Gasteiger partial charge in [-0.25, -0.2) is 0 Å². The molecule has 0 radical (unpaired) electrons. The molecule has 0 fully saturated rings. The molecule has 0 bridgehead atoms. The van der Waals surface area contributed by atoms with Gasteiger partial charge in [-0.2, -0.15) is 0 Å². The number of carbonyl (C=O) groups is 1. The van der Waals surface area contributed by atoms with Crippen molar-refractivity contribution in [2.75, 3.05) is 13.7 Å². The number of benzene rings is 1. The van der Waals surface area contributed by atoms with E-state index in [1.165, 1.54) is 7.11 Å². The van der Waals surface area contributed by atoms with Crippen molar-refractivity contribution >= 4 is 17.2 Å². The zero-order valence-corrected chi connectivity index (χ0v) is 10.5. The second-order valence-corrected chi connectivity index (χ2v) is 4.59. The molecule has 0 saturated carbocycles. The standard InChI is InChI=1S/C14H17NO2/c1-9(2)13-7-11-10(14(16)8-17-3)5-4-6-12(11)15-13/h4-6,9H,7-8H2,1-3H3. The Hall–Kier alpha value is -1.48. The van der Waals surface area contributed by atoms with Crippen molar-refractivity contribution in [3.05, 3.63) is 29.3 Å². The topological polar surface area (TPSA) is 38.7 Å². The third kappa shape index (κ3) is 2.29. The van der Waals surface area contributed by atoms with Crippen LogP contribution >= 0.6 is 0 Å². The van der Waals surface area contributed by atoms with Crippen LogP contribution in [0.25, 0.3) is 0 Å². The van der Waals surface area contributed by atoms with Crippen LogP contribution in [0.15, 0.2) is 23.2 Å². The van der Waals surface area contributed by atoms with Gasteiger partial charge < -0.3 is 4.74 Å². The molecule has 0 saturated heterocycles. The van der Waals surface area contributed by atoms with E-state index in [4.69, 9.17) is 4.74 Å². The van der Waals surface area contributed by atoms with Crippen molar-refractivity contribution in [1.29, 1.82) is 0 Å². The highest BCUT2D eigenvalue weighted by molar-refractivity contribution is 6.04.